The van der Waals surface area contributed by atoms with Gasteiger partial charge in [-0.2, -0.15) is 0 Å². The van der Waals surface area contributed by atoms with Crippen LogP contribution in [0.3, 0.4) is 0 Å². The lowest BCUT2D eigenvalue weighted by molar-refractivity contribution is -0.303. The number of methoxy groups -OCH3 is 1. The van der Waals surface area contributed by atoms with Gasteiger partial charge in [-0.05, 0) is 42.7 Å². The SMILES string of the molecule is C=CC[C@@H]1OC(O)(C(=O)OC)[C@]23OCO[C@]2(COC3=O)[C@@H](O[Si](C)(C)C(C)(C)C)[C@H]1O[Si](C)(C)C(C)(C)C. The monoisotopic (exact) mass is 574 g/mol. The Morgan fingerprint density at radius 3 is 2.13 bits per heavy atom. The Bertz CT molecular complexity index is 955. The van der Waals surface area contributed by atoms with E-state index in [0.29, 0.717) is 0 Å². The highest BCUT2D eigenvalue weighted by Gasteiger charge is 2.86. The molecule has 0 aromatic carbocycles. The molecule has 1 N–H and O–H groups in total. The Hall–Kier alpha value is -1.13. The predicted octanol–water partition coefficient (Wildman–Crippen LogP) is 3.64. The van der Waals surface area contributed by atoms with E-state index in [1.54, 1.807) is 6.08 Å². The van der Waals surface area contributed by atoms with Crippen molar-refractivity contribution in [3.63, 3.8) is 0 Å². The maximum absolute atomic E-state index is 13.5. The van der Waals surface area contributed by atoms with Crippen LogP contribution in [-0.2, 0) is 42.1 Å². The largest absolute Gasteiger partial charge is 0.465 e. The minimum absolute atomic E-state index is 0.178. The molecule has 0 bridgehead atoms. The van der Waals surface area contributed by atoms with E-state index >= 15 is 0 Å². The Morgan fingerprint density at radius 1 is 1.08 bits per heavy atom. The van der Waals surface area contributed by atoms with Gasteiger partial charge in [0.2, 0.25) is 0 Å². The zero-order chi connectivity index (χ0) is 29.2. The van der Waals surface area contributed by atoms with E-state index in [-0.39, 0.29) is 23.1 Å². The number of hydrogen-bond acceptors (Lipinski definition) is 10. The summed E-state index contributed by atoms with van der Waals surface area (Å²) in [4.78, 5) is 26.8. The molecule has 3 aliphatic rings. The van der Waals surface area contributed by atoms with Crippen LogP contribution in [0.1, 0.15) is 48.0 Å². The number of cyclic esters (lactones) is 1. The van der Waals surface area contributed by atoms with Crippen molar-refractivity contribution in [2.45, 2.75) is 120 Å². The lowest BCUT2D eigenvalue weighted by Gasteiger charge is -2.49. The van der Waals surface area contributed by atoms with E-state index in [9.17, 15) is 14.7 Å². The number of aliphatic hydroxyl groups is 1. The van der Waals surface area contributed by atoms with Gasteiger partial charge in [0.05, 0.1) is 19.3 Å². The second-order valence-electron chi connectivity index (χ2n) is 13.5. The summed E-state index contributed by atoms with van der Waals surface area (Å²) in [5.74, 6) is -5.10. The van der Waals surface area contributed by atoms with Gasteiger partial charge in [-0.25, -0.2) is 9.59 Å². The number of rotatable bonds is 7. The molecule has 0 saturated carbocycles. The molecular weight excluding hydrogens is 528 g/mol. The summed E-state index contributed by atoms with van der Waals surface area (Å²) in [7, 11) is -4.05. The van der Waals surface area contributed by atoms with Crippen LogP contribution in [-0.4, -0.2) is 89.5 Å². The third kappa shape index (κ3) is 4.45. The van der Waals surface area contributed by atoms with Crippen LogP contribution in [0.15, 0.2) is 12.7 Å². The maximum atomic E-state index is 13.5. The Morgan fingerprint density at radius 2 is 1.63 bits per heavy atom. The Labute approximate surface area is 228 Å². The summed E-state index contributed by atoms with van der Waals surface area (Å²) in [6, 6.07) is 0. The van der Waals surface area contributed by atoms with Crippen molar-refractivity contribution in [2.24, 2.45) is 0 Å². The highest BCUT2D eigenvalue weighted by atomic mass is 28.4. The smallest absolute Gasteiger partial charge is 0.370 e. The molecule has 3 rings (SSSR count). The molecule has 0 aliphatic carbocycles. The minimum Gasteiger partial charge on any atom is -0.465 e. The lowest BCUT2D eigenvalue weighted by Crippen LogP contribution is -2.75. The molecule has 12 heteroatoms. The highest BCUT2D eigenvalue weighted by molar-refractivity contribution is 6.74. The summed E-state index contributed by atoms with van der Waals surface area (Å²) in [5.41, 5.74) is -4.16. The van der Waals surface area contributed by atoms with E-state index in [1.807, 2.05) is 0 Å². The molecule has 0 radical (unpaired) electrons. The van der Waals surface area contributed by atoms with Crippen molar-refractivity contribution in [3.8, 4) is 0 Å². The number of carbonyl (C=O) groups excluding carboxylic acids is 2. The van der Waals surface area contributed by atoms with Gasteiger partial charge in [-0.3, -0.25) is 0 Å². The van der Waals surface area contributed by atoms with Crippen molar-refractivity contribution in [1.82, 2.24) is 0 Å². The summed E-state index contributed by atoms with van der Waals surface area (Å²) in [6.45, 7) is 24.1. The van der Waals surface area contributed by atoms with Crippen LogP contribution in [0.4, 0.5) is 0 Å². The topological polar surface area (TPSA) is 119 Å². The lowest BCUT2D eigenvalue weighted by atomic mass is 9.74. The summed E-state index contributed by atoms with van der Waals surface area (Å²) >= 11 is 0. The molecule has 0 aromatic rings. The van der Waals surface area contributed by atoms with Crippen LogP contribution in [0, 0.1) is 0 Å². The molecule has 3 fully saturated rings. The second kappa shape index (κ2) is 9.76. The molecule has 1 unspecified atom stereocenters. The maximum Gasteiger partial charge on any atom is 0.370 e. The van der Waals surface area contributed by atoms with Crippen molar-refractivity contribution in [2.75, 3.05) is 20.5 Å². The van der Waals surface area contributed by atoms with E-state index < -0.39 is 70.7 Å². The van der Waals surface area contributed by atoms with E-state index in [1.165, 1.54) is 0 Å². The number of ether oxygens (including phenoxy) is 5. The van der Waals surface area contributed by atoms with Crippen LogP contribution in [0.25, 0.3) is 0 Å². The molecule has 218 valence electrons. The number of hydrogen-bond donors (Lipinski definition) is 1. The Balaban J connectivity index is 2.38. The van der Waals surface area contributed by atoms with E-state index in [0.717, 1.165) is 7.11 Å². The second-order valence-corrected chi connectivity index (χ2v) is 23.0. The standard InChI is InChI=1S/C26H46O10Si2/c1-13-14-17-18(35-37(9,10)22(2,3)4)19(36-38(11,12)23(5,6)7)24-15-31-20(27)25(24,33-16-32-24)26(29,34-17)21(28)30-8/h13,17-19,29H,1,14-16H2,2-12H3/t17-,18-,19-,24+,25+,26?/m0/s1. The minimum atomic E-state index is -2.90. The van der Waals surface area contributed by atoms with Gasteiger partial charge in [-0.15, -0.1) is 6.58 Å². The first-order chi connectivity index (χ1) is 17.2. The zero-order valence-electron chi connectivity index (χ0n) is 24.8. The average Bonchev–Trinajstić information content (AvgIpc) is 3.29. The van der Waals surface area contributed by atoms with Crippen molar-refractivity contribution in [1.29, 1.82) is 0 Å². The molecule has 0 amide bonds. The first-order valence-electron chi connectivity index (χ1n) is 13.1. The fourth-order valence-corrected chi connectivity index (χ4v) is 7.42. The first-order valence-corrected chi connectivity index (χ1v) is 18.9. The van der Waals surface area contributed by atoms with Crippen LogP contribution in [0.5, 0.6) is 0 Å². The normalized spacial score (nSPS) is 36.2. The van der Waals surface area contributed by atoms with Crippen LogP contribution < -0.4 is 0 Å². The molecule has 38 heavy (non-hydrogen) atoms. The summed E-state index contributed by atoms with van der Waals surface area (Å²) < 4.78 is 42.9. The molecule has 3 heterocycles. The fourth-order valence-electron chi connectivity index (χ4n) is 4.80. The number of esters is 2. The molecule has 3 saturated heterocycles. The van der Waals surface area contributed by atoms with Gasteiger partial charge >= 0.3 is 17.7 Å². The van der Waals surface area contributed by atoms with Gasteiger partial charge in [-0.1, -0.05) is 47.6 Å². The van der Waals surface area contributed by atoms with Gasteiger partial charge in [0, 0.05) is 0 Å². The zero-order valence-corrected chi connectivity index (χ0v) is 26.8. The average molecular weight is 575 g/mol. The van der Waals surface area contributed by atoms with Gasteiger partial charge in [0.25, 0.3) is 5.60 Å². The molecule has 0 aromatic heterocycles. The quantitative estimate of drug-likeness (QED) is 0.274. The van der Waals surface area contributed by atoms with E-state index in [2.05, 4.69) is 74.3 Å². The third-order valence-corrected chi connectivity index (χ3v) is 18.1. The van der Waals surface area contributed by atoms with Crippen molar-refractivity contribution < 1.29 is 47.2 Å². The summed E-state index contributed by atoms with van der Waals surface area (Å²) in [5, 5.41) is 11.6. The fraction of sp³-hybridized carbons (Fsp3) is 0.846. The van der Waals surface area contributed by atoms with Gasteiger partial charge in [0.1, 0.15) is 19.5 Å². The van der Waals surface area contributed by atoms with Crippen molar-refractivity contribution in [3.05, 3.63) is 12.7 Å². The van der Waals surface area contributed by atoms with Crippen LogP contribution in [0.2, 0.25) is 36.3 Å². The van der Waals surface area contributed by atoms with Crippen molar-refractivity contribution >= 4 is 28.6 Å². The van der Waals surface area contributed by atoms with Crippen LogP contribution >= 0.6 is 0 Å². The summed E-state index contributed by atoms with van der Waals surface area (Å²) in [6.07, 6.45) is -1.05. The molecule has 0 spiro atoms. The van der Waals surface area contributed by atoms with Gasteiger partial charge < -0.3 is 37.6 Å². The van der Waals surface area contributed by atoms with E-state index in [4.69, 9.17) is 32.5 Å². The van der Waals surface area contributed by atoms with Gasteiger partial charge in [0.15, 0.2) is 22.2 Å². The first kappa shape index (κ1) is 31.4. The predicted molar refractivity (Wildman–Crippen MR) is 144 cm³/mol. The number of carbonyl (C=O) groups is 2. The highest BCUT2D eigenvalue weighted by Crippen LogP contribution is 2.57. The Kier molecular flexibility index (Phi) is 8.06. The third-order valence-electron chi connectivity index (χ3n) is 9.14. The molecule has 6 atom stereocenters. The molecule has 3 aliphatic heterocycles. The molecule has 10 nitrogen and oxygen atoms in total. The molecular formula is C26H46O10Si2.